The highest BCUT2D eigenvalue weighted by Crippen LogP contribution is 2.18. The number of amides is 2. The topological polar surface area (TPSA) is 58.2 Å². The summed E-state index contributed by atoms with van der Waals surface area (Å²) in [6.07, 6.45) is 5.67. The Hall–Kier alpha value is -2.62. The number of anilines is 1. The zero-order valence-corrected chi connectivity index (χ0v) is 14.5. The van der Waals surface area contributed by atoms with Gasteiger partial charge in [-0.05, 0) is 55.7 Å². The molecule has 4 nitrogen and oxygen atoms in total. The van der Waals surface area contributed by atoms with Crippen molar-refractivity contribution in [3.05, 3.63) is 65.2 Å². The Bertz CT molecular complexity index is 764. The zero-order chi connectivity index (χ0) is 17.6. The van der Waals surface area contributed by atoms with Crippen LogP contribution in [0.1, 0.15) is 58.4 Å². The molecular weight excluding hydrogens is 312 g/mol. The molecule has 0 aliphatic heterocycles. The van der Waals surface area contributed by atoms with Gasteiger partial charge in [0.1, 0.15) is 0 Å². The van der Waals surface area contributed by atoms with E-state index in [0.717, 1.165) is 24.1 Å². The van der Waals surface area contributed by atoms with Gasteiger partial charge in [0, 0.05) is 22.9 Å². The average molecular weight is 336 g/mol. The lowest BCUT2D eigenvalue weighted by molar-refractivity contribution is 0.0927. The molecule has 0 spiro atoms. The molecule has 1 aliphatic carbocycles. The van der Waals surface area contributed by atoms with Crippen LogP contribution in [0.25, 0.3) is 0 Å². The van der Waals surface area contributed by atoms with Gasteiger partial charge in [0.05, 0.1) is 0 Å². The second kappa shape index (κ2) is 7.97. The summed E-state index contributed by atoms with van der Waals surface area (Å²) in [6, 6.07) is 14.8. The van der Waals surface area contributed by atoms with Crippen molar-refractivity contribution in [2.75, 3.05) is 5.32 Å². The third-order valence-electron chi connectivity index (χ3n) is 4.60. The number of rotatable bonds is 4. The van der Waals surface area contributed by atoms with Crippen molar-refractivity contribution in [1.82, 2.24) is 5.32 Å². The van der Waals surface area contributed by atoms with E-state index in [9.17, 15) is 9.59 Å². The van der Waals surface area contributed by atoms with E-state index >= 15 is 0 Å². The number of carbonyl (C=O) groups is 2. The van der Waals surface area contributed by atoms with Crippen molar-refractivity contribution in [3.63, 3.8) is 0 Å². The molecule has 0 bridgehead atoms. The number of hydrogen-bond acceptors (Lipinski definition) is 2. The fourth-order valence-corrected chi connectivity index (χ4v) is 3.24. The van der Waals surface area contributed by atoms with E-state index < -0.39 is 0 Å². The smallest absolute Gasteiger partial charge is 0.255 e. The van der Waals surface area contributed by atoms with Gasteiger partial charge in [-0.25, -0.2) is 0 Å². The van der Waals surface area contributed by atoms with Gasteiger partial charge in [-0.15, -0.1) is 0 Å². The molecule has 2 amide bonds. The molecule has 1 saturated carbocycles. The maximum absolute atomic E-state index is 12.4. The molecule has 1 aliphatic rings. The van der Waals surface area contributed by atoms with Crippen LogP contribution in [0.3, 0.4) is 0 Å². The Labute approximate surface area is 148 Å². The number of carbonyl (C=O) groups excluding carboxylic acids is 2. The standard InChI is InChI=1S/C21H24N2O2/c1-15-7-5-12-19(13-15)23-21(25)17-9-6-8-16(14-17)20(24)22-18-10-3-2-4-11-18/h5-9,12-14,18H,2-4,10-11H2,1H3,(H,22,24)(H,23,25). The summed E-state index contributed by atoms with van der Waals surface area (Å²) >= 11 is 0. The predicted octanol–water partition coefficient (Wildman–Crippen LogP) is 4.31. The summed E-state index contributed by atoms with van der Waals surface area (Å²) in [6.45, 7) is 1.98. The fourth-order valence-electron chi connectivity index (χ4n) is 3.24. The lowest BCUT2D eigenvalue weighted by Gasteiger charge is -2.22. The lowest BCUT2D eigenvalue weighted by atomic mass is 9.95. The van der Waals surface area contributed by atoms with Gasteiger partial charge < -0.3 is 10.6 Å². The van der Waals surface area contributed by atoms with Gasteiger partial charge in [0.25, 0.3) is 11.8 Å². The van der Waals surface area contributed by atoms with Crippen LogP contribution < -0.4 is 10.6 Å². The van der Waals surface area contributed by atoms with E-state index in [1.807, 2.05) is 31.2 Å². The molecule has 0 saturated heterocycles. The summed E-state index contributed by atoms with van der Waals surface area (Å²) in [5, 5.41) is 5.96. The third-order valence-corrected chi connectivity index (χ3v) is 4.60. The highest BCUT2D eigenvalue weighted by Gasteiger charge is 2.17. The van der Waals surface area contributed by atoms with E-state index in [1.165, 1.54) is 19.3 Å². The van der Waals surface area contributed by atoms with E-state index in [2.05, 4.69) is 10.6 Å². The van der Waals surface area contributed by atoms with Crippen molar-refractivity contribution in [3.8, 4) is 0 Å². The largest absolute Gasteiger partial charge is 0.349 e. The fraction of sp³-hybridized carbons (Fsp3) is 0.333. The van der Waals surface area contributed by atoms with Gasteiger partial charge in [0.15, 0.2) is 0 Å². The van der Waals surface area contributed by atoms with Gasteiger partial charge >= 0.3 is 0 Å². The molecule has 0 unspecified atom stereocenters. The van der Waals surface area contributed by atoms with Crippen molar-refractivity contribution >= 4 is 17.5 Å². The molecule has 0 aromatic heterocycles. The van der Waals surface area contributed by atoms with E-state index in [4.69, 9.17) is 0 Å². The number of nitrogens with one attached hydrogen (secondary N) is 2. The van der Waals surface area contributed by atoms with Crippen molar-refractivity contribution in [1.29, 1.82) is 0 Å². The van der Waals surface area contributed by atoms with Crippen molar-refractivity contribution in [2.45, 2.75) is 45.1 Å². The Morgan fingerprint density at radius 3 is 2.28 bits per heavy atom. The molecule has 1 fully saturated rings. The molecule has 2 N–H and O–H groups in total. The molecule has 2 aromatic carbocycles. The molecular formula is C21H24N2O2. The normalized spacial score (nSPS) is 14.8. The highest BCUT2D eigenvalue weighted by molar-refractivity contribution is 6.06. The minimum Gasteiger partial charge on any atom is -0.349 e. The van der Waals surface area contributed by atoms with E-state index in [1.54, 1.807) is 24.3 Å². The summed E-state index contributed by atoms with van der Waals surface area (Å²) < 4.78 is 0. The van der Waals surface area contributed by atoms with Gasteiger partial charge in [0.2, 0.25) is 0 Å². The zero-order valence-electron chi connectivity index (χ0n) is 14.5. The minimum absolute atomic E-state index is 0.0999. The molecule has 130 valence electrons. The molecule has 2 aromatic rings. The highest BCUT2D eigenvalue weighted by atomic mass is 16.2. The van der Waals surface area contributed by atoms with E-state index in [0.29, 0.717) is 11.1 Å². The van der Waals surface area contributed by atoms with Gasteiger partial charge in [-0.1, -0.05) is 37.5 Å². The molecule has 0 heterocycles. The van der Waals surface area contributed by atoms with Crippen LogP contribution in [0.5, 0.6) is 0 Å². The second-order valence-electron chi connectivity index (χ2n) is 6.71. The maximum Gasteiger partial charge on any atom is 0.255 e. The predicted molar refractivity (Wildman–Crippen MR) is 99.9 cm³/mol. The molecule has 4 heteroatoms. The van der Waals surface area contributed by atoms with Gasteiger partial charge in [-0.2, -0.15) is 0 Å². The molecule has 25 heavy (non-hydrogen) atoms. The Kier molecular flexibility index (Phi) is 5.49. The van der Waals surface area contributed by atoms with Crippen LogP contribution in [0.2, 0.25) is 0 Å². The van der Waals surface area contributed by atoms with Crippen LogP contribution in [0, 0.1) is 6.92 Å². The first kappa shape index (κ1) is 17.2. The number of benzene rings is 2. The Morgan fingerprint density at radius 2 is 1.56 bits per heavy atom. The van der Waals surface area contributed by atoms with Crippen LogP contribution in [0.15, 0.2) is 48.5 Å². The third kappa shape index (κ3) is 4.69. The summed E-state index contributed by atoms with van der Waals surface area (Å²) in [5.74, 6) is -0.310. The molecule has 3 rings (SSSR count). The molecule has 0 radical (unpaired) electrons. The first-order valence-electron chi connectivity index (χ1n) is 8.91. The monoisotopic (exact) mass is 336 g/mol. The Balaban J connectivity index is 1.67. The second-order valence-corrected chi connectivity index (χ2v) is 6.71. The van der Waals surface area contributed by atoms with E-state index in [-0.39, 0.29) is 17.9 Å². The maximum atomic E-state index is 12.4. The van der Waals surface area contributed by atoms with Gasteiger partial charge in [-0.3, -0.25) is 9.59 Å². The molecule has 0 atom stereocenters. The van der Waals surface area contributed by atoms with Crippen molar-refractivity contribution in [2.24, 2.45) is 0 Å². The van der Waals surface area contributed by atoms with Crippen LogP contribution >= 0.6 is 0 Å². The lowest BCUT2D eigenvalue weighted by Crippen LogP contribution is -2.36. The SMILES string of the molecule is Cc1cccc(NC(=O)c2cccc(C(=O)NC3CCCCC3)c2)c1. The average Bonchev–Trinajstić information content (AvgIpc) is 2.62. The summed E-state index contributed by atoms with van der Waals surface area (Å²) in [7, 11) is 0. The van der Waals surface area contributed by atoms with Crippen molar-refractivity contribution < 1.29 is 9.59 Å². The first-order chi connectivity index (χ1) is 12.1. The van der Waals surface area contributed by atoms with Crippen LogP contribution in [0.4, 0.5) is 5.69 Å². The number of hydrogen-bond donors (Lipinski definition) is 2. The van der Waals surface area contributed by atoms with Crippen LogP contribution in [-0.4, -0.2) is 17.9 Å². The number of aryl methyl sites for hydroxylation is 1. The Morgan fingerprint density at radius 1 is 0.880 bits per heavy atom. The summed E-state index contributed by atoms with van der Waals surface area (Å²) in [4.78, 5) is 24.9. The summed E-state index contributed by atoms with van der Waals surface area (Å²) in [5.41, 5.74) is 2.85. The minimum atomic E-state index is -0.210. The van der Waals surface area contributed by atoms with Crippen LogP contribution in [-0.2, 0) is 0 Å². The quantitative estimate of drug-likeness (QED) is 0.874. The first-order valence-corrected chi connectivity index (χ1v) is 8.91.